The summed E-state index contributed by atoms with van der Waals surface area (Å²) in [7, 11) is 0. The summed E-state index contributed by atoms with van der Waals surface area (Å²) in [6.07, 6.45) is 5.81. The predicted molar refractivity (Wildman–Crippen MR) is 141 cm³/mol. The van der Waals surface area contributed by atoms with Crippen LogP contribution in [0.15, 0.2) is 12.2 Å². The highest BCUT2D eigenvalue weighted by atomic mass is 16.5. The van der Waals surface area contributed by atoms with Crippen LogP contribution in [-0.4, -0.2) is 65.9 Å². The average Bonchev–Trinajstić information content (AvgIpc) is 3.04. The highest BCUT2D eigenvalue weighted by molar-refractivity contribution is 6.14. The van der Waals surface area contributed by atoms with Crippen LogP contribution in [0.3, 0.4) is 0 Å². The molecule has 0 fully saturated rings. The zero-order chi connectivity index (χ0) is 29.0. The van der Waals surface area contributed by atoms with Gasteiger partial charge < -0.3 is 20.5 Å². The van der Waals surface area contributed by atoms with E-state index in [2.05, 4.69) is 46.9 Å². The lowest BCUT2D eigenvalue weighted by molar-refractivity contribution is -0.149. The van der Waals surface area contributed by atoms with Gasteiger partial charge in [-0.2, -0.15) is 0 Å². The molecule has 0 aliphatic carbocycles. The van der Waals surface area contributed by atoms with Crippen molar-refractivity contribution in [3.63, 3.8) is 0 Å². The third-order valence-electron chi connectivity index (χ3n) is 5.08. The molecule has 0 saturated heterocycles. The smallest absolute Gasteiger partial charge is 0.328 e. The van der Waals surface area contributed by atoms with Crippen molar-refractivity contribution in [2.45, 2.75) is 99.6 Å². The molecular formula is C27H47N3O7. The van der Waals surface area contributed by atoms with Crippen LogP contribution in [0.1, 0.15) is 88.0 Å². The minimum Gasteiger partial charge on any atom is -0.464 e. The number of ether oxygens (including phenoxy) is 2. The molecule has 0 aromatic carbocycles. The minimum absolute atomic E-state index is 0.176. The summed E-state index contributed by atoms with van der Waals surface area (Å²) in [6, 6.07) is -0.835. The largest absolute Gasteiger partial charge is 0.464 e. The fourth-order valence-corrected chi connectivity index (χ4v) is 2.93. The fraction of sp³-hybridized carbons (Fsp3) is 0.741. The van der Waals surface area contributed by atoms with E-state index in [4.69, 9.17) is 15.2 Å². The Morgan fingerprint density at radius 2 is 1.30 bits per heavy atom. The average molecular weight is 526 g/mol. The number of nitrogens with zero attached hydrogens (tertiary/aromatic N) is 1. The second-order valence-electron chi connectivity index (χ2n) is 12.2. The van der Waals surface area contributed by atoms with E-state index < -0.39 is 41.8 Å². The molecule has 1 rings (SSSR count). The van der Waals surface area contributed by atoms with Crippen LogP contribution in [0, 0.1) is 10.8 Å². The van der Waals surface area contributed by atoms with E-state index >= 15 is 0 Å². The van der Waals surface area contributed by atoms with Gasteiger partial charge in [-0.3, -0.25) is 24.1 Å². The van der Waals surface area contributed by atoms with Gasteiger partial charge in [-0.25, -0.2) is 4.79 Å². The normalized spacial score (nSPS) is 14.6. The molecule has 1 aliphatic rings. The van der Waals surface area contributed by atoms with E-state index in [0.717, 1.165) is 42.7 Å². The lowest BCUT2D eigenvalue weighted by atomic mass is 9.91. The van der Waals surface area contributed by atoms with Crippen LogP contribution in [0.5, 0.6) is 0 Å². The van der Waals surface area contributed by atoms with Gasteiger partial charge in [0.25, 0.3) is 11.8 Å². The molecule has 0 aromatic rings. The molecule has 10 nitrogen and oxygen atoms in total. The number of nitrogens with two attached hydrogens (primary N) is 1. The minimum atomic E-state index is -0.873. The highest BCUT2D eigenvalue weighted by Crippen LogP contribution is 2.21. The number of carbonyl (C=O) groups is 5. The molecule has 0 aromatic heterocycles. The molecular weight excluding hydrogens is 478 g/mol. The van der Waals surface area contributed by atoms with Gasteiger partial charge >= 0.3 is 11.9 Å². The Labute approximate surface area is 221 Å². The molecule has 3 amide bonds. The van der Waals surface area contributed by atoms with Crippen molar-refractivity contribution in [2.24, 2.45) is 16.6 Å². The van der Waals surface area contributed by atoms with Crippen molar-refractivity contribution in [2.75, 3.05) is 19.8 Å². The Kier molecular flexibility index (Phi) is 13.8. The SMILES string of the molecule is CC(C)(C)CCCOC(=O)C(C)(C)N.CC(NC(=O)CN1C(=O)C=CC1=O)C(=O)OCCCC(C)(C)C. The molecule has 0 saturated carbocycles. The first-order valence-corrected chi connectivity index (χ1v) is 12.7. The number of imide groups is 1. The molecule has 0 bridgehead atoms. The van der Waals surface area contributed by atoms with E-state index in [-0.39, 0.29) is 11.4 Å². The van der Waals surface area contributed by atoms with Gasteiger partial charge in [-0.05, 0) is 57.3 Å². The summed E-state index contributed by atoms with van der Waals surface area (Å²) in [5, 5.41) is 2.42. The maximum Gasteiger partial charge on any atom is 0.328 e. The predicted octanol–water partition coefficient (Wildman–Crippen LogP) is 2.88. The van der Waals surface area contributed by atoms with Crippen molar-refractivity contribution in [3.8, 4) is 0 Å². The Hall–Kier alpha value is -2.75. The molecule has 1 unspecified atom stereocenters. The Balaban J connectivity index is 0.000000795. The lowest BCUT2D eigenvalue weighted by Crippen LogP contribution is -2.46. The third kappa shape index (κ3) is 16.6. The van der Waals surface area contributed by atoms with Crippen molar-refractivity contribution >= 4 is 29.7 Å². The quantitative estimate of drug-likeness (QED) is 0.238. The number of carbonyl (C=O) groups excluding carboxylic acids is 5. The monoisotopic (exact) mass is 525 g/mol. The summed E-state index contributed by atoms with van der Waals surface area (Å²) >= 11 is 0. The maximum absolute atomic E-state index is 11.8. The van der Waals surface area contributed by atoms with Crippen LogP contribution < -0.4 is 11.1 Å². The summed E-state index contributed by atoms with van der Waals surface area (Å²) in [6.45, 7) is 18.0. The van der Waals surface area contributed by atoms with Gasteiger partial charge in [0, 0.05) is 12.2 Å². The number of hydrogen-bond donors (Lipinski definition) is 2. The van der Waals surface area contributed by atoms with Gasteiger partial charge in [0.2, 0.25) is 5.91 Å². The first kappa shape index (κ1) is 34.2. The van der Waals surface area contributed by atoms with Crippen molar-refractivity contribution in [1.29, 1.82) is 0 Å². The van der Waals surface area contributed by atoms with Gasteiger partial charge in [0.15, 0.2) is 0 Å². The number of esters is 2. The topological polar surface area (TPSA) is 145 Å². The molecule has 1 heterocycles. The van der Waals surface area contributed by atoms with Gasteiger partial charge in [0.1, 0.15) is 18.1 Å². The van der Waals surface area contributed by atoms with E-state index in [9.17, 15) is 24.0 Å². The van der Waals surface area contributed by atoms with Crippen LogP contribution in [-0.2, 0) is 33.4 Å². The van der Waals surface area contributed by atoms with E-state index in [1.807, 2.05) is 0 Å². The zero-order valence-electron chi connectivity index (χ0n) is 24.1. The Morgan fingerprint density at radius 3 is 1.70 bits per heavy atom. The number of rotatable bonds is 11. The van der Waals surface area contributed by atoms with Gasteiger partial charge in [-0.1, -0.05) is 41.5 Å². The van der Waals surface area contributed by atoms with Crippen LogP contribution in [0.2, 0.25) is 0 Å². The van der Waals surface area contributed by atoms with Crippen molar-refractivity contribution in [3.05, 3.63) is 12.2 Å². The molecule has 212 valence electrons. The first-order valence-electron chi connectivity index (χ1n) is 12.7. The standard InChI is InChI=1S/C16H24N2O5.C11H23NO2/c1-11(15(22)23-9-5-8-16(2,3)4)17-12(19)10-18-13(20)6-7-14(18)21;1-10(2,3)7-6-8-14-9(13)11(4,5)12/h6-7,11H,5,8-10H2,1-4H3,(H,17,19);6-8,12H2,1-5H3. The Bertz CT molecular complexity index is 812. The molecule has 10 heteroatoms. The zero-order valence-corrected chi connectivity index (χ0v) is 24.1. The molecule has 0 radical (unpaired) electrons. The van der Waals surface area contributed by atoms with Crippen molar-refractivity contribution < 1.29 is 33.4 Å². The summed E-state index contributed by atoms with van der Waals surface area (Å²) < 4.78 is 10.1. The van der Waals surface area contributed by atoms with Gasteiger partial charge in [0.05, 0.1) is 13.2 Å². The highest BCUT2D eigenvalue weighted by Gasteiger charge is 2.27. The summed E-state index contributed by atoms with van der Waals surface area (Å²) in [4.78, 5) is 58.3. The molecule has 1 atom stereocenters. The van der Waals surface area contributed by atoms with E-state index in [1.165, 1.54) is 6.92 Å². The molecule has 1 aliphatic heterocycles. The second kappa shape index (κ2) is 14.9. The molecule has 37 heavy (non-hydrogen) atoms. The molecule has 0 spiro atoms. The third-order valence-corrected chi connectivity index (χ3v) is 5.08. The van der Waals surface area contributed by atoms with Gasteiger partial charge in [-0.15, -0.1) is 0 Å². The summed E-state index contributed by atoms with van der Waals surface area (Å²) in [5.74, 6) is -2.53. The van der Waals surface area contributed by atoms with Crippen molar-refractivity contribution in [1.82, 2.24) is 10.2 Å². The fourth-order valence-electron chi connectivity index (χ4n) is 2.93. The second-order valence-corrected chi connectivity index (χ2v) is 12.2. The number of amides is 3. The maximum atomic E-state index is 11.8. The summed E-state index contributed by atoms with van der Waals surface area (Å²) in [5.41, 5.74) is 5.17. The lowest BCUT2D eigenvalue weighted by Gasteiger charge is -2.19. The van der Waals surface area contributed by atoms with E-state index in [1.54, 1.807) is 13.8 Å². The van der Waals surface area contributed by atoms with E-state index in [0.29, 0.717) is 18.6 Å². The van der Waals surface area contributed by atoms with Crippen LogP contribution >= 0.6 is 0 Å². The van der Waals surface area contributed by atoms with Crippen LogP contribution in [0.4, 0.5) is 0 Å². The number of hydrogen-bond acceptors (Lipinski definition) is 8. The molecule has 3 N–H and O–H groups in total. The van der Waals surface area contributed by atoms with Crippen LogP contribution in [0.25, 0.3) is 0 Å². The number of nitrogens with one attached hydrogen (secondary N) is 1. The Morgan fingerprint density at radius 1 is 0.865 bits per heavy atom. The first-order chi connectivity index (χ1) is 16.7.